The van der Waals surface area contributed by atoms with E-state index in [0.717, 1.165) is 0 Å². The van der Waals surface area contributed by atoms with Gasteiger partial charge >= 0.3 is 0 Å². The number of nitrogens with zero attached hydrogens (tertiary/aromatic N) is 2. The van der Waals surface area contributed by atoms with E-state index in [4.69, 9.17) is 23.2 Å². The van der Waals surface area contributed by atoms with E-state index >= 15 is 0 Å². The van der Waals surface area contributed by atoms with Crippen LogP contribution in [0.3, 0.4) is 0 Å². The molecule has 0 aliphatic carbocycles. The highest BCUT2D eigenvalue weighted by Crippen LogP contribution is 2.21. The zero-order valence-corrected chi connectivity index (χ0v) is 14.3. The smallest absolute Gasteiger partial charge is 0.254 e. The fourth-order valence-electron chi connectivity index (χ4n) is 2.50. The molecule has 1 aromatic carbocycles. The lowest BCUT2D eigenvalue weighted by molar-refractivity contribution is -0.133. The third-order valence-corrected chi connectivity index (χ3v) is 4.05. The maximum atomic E-state index is 12.5. The van der Waals surface area contributed by atoms with Crippen molar-refractivity contribution in [1.29, 1.82) is 0 Å². The van der Waals surface area contributed by atoms with Gasteiger partial charge in [-0.15, -0.1) is 0 Å². The monoisotopic (exact) mass is 342 g/mol. The average Bonchev–Trinajstić information content (AvgIpc) is 2.45. The SMILES string of the molecule is CC(C)CC(=O)N1CCN(C(=O)c2cc(Cl)cc(Cl)c2)CC1. The Morgan fingerprint density at radius 1 is 1.00 bits per heavy atom. The Morgan fingerprint density at radius 3 is 2.00 bits per heavy atom. The average molecular weight is 343 g/mol. The molecule has 1 aliphatic heterocycles. The van der Waals surface area contributed by atoms with E-state index in [1.807, 2.05) is 18.7 Å². The van der Waals surface area contributed by atoms with Crippen molar-refractivity contribution < 1.29 is 9.59 Å². The molecule has 22 heavy (non-hydrogen) atoms. The van der Waals surface area contributed by atoms with Gasteiger partial charge in [-0.3, -0.25) is 9.59 Å². The van der Waals surface area contributed by atoms with Crippen LogP contribution < -0.4 is 0 Å². The van der Waals surface area contributed by atoms with Crippen molar-refractivity contribution in [3.05, 3.63) is 33.8 Å². The number of hydrogen-bond donors (Lipinski definition) is 0. The molecule has 1 aromatic rings. The summed E-state index contributed by atoms with van der Waals surface area (Å²) in [6.07, 6.45) is 0.553. The molecular formula is C16H20Cl2N2O2. The minimum atomic E-state index is -0.0969. The fraction of sp³-hybridized carbons (Fsp3) is 0.500. The number of amides is 2. The van der Waals surface area contributed by atoms with Gasteiger partial charge in [0.25, 0.3) is 5.91 Å². The first-order chi connectivity index (χ1) is 10.4. The molecule has 1 aliphatic rings. The van der Waals surface area contributed by atoms with Crippen LogP contribution in [-0.4, -0.2) is 47.8 Å². The number of carbonyl (C=O) groups is 2. The molecule has 1 heterocycles. The third-order valence-electron chi connectivity index (χ3n) is 3.61. The first-order valence-corrected chi connectivity index (χ1v) is 8.15. The van der Waals surface area contributed by atoms with Gasteiger partial charge in [0.05, 0.1) is 0 Å². The predicted molar refractivity (Wildman–Crippen MR) is 88.4 cm³/mol. The van der Waals surface area contributed by atoms with Gasteiger partial charge < -0.3 is 9.80 Å². The van der Waals surface area contributed by atoms with Crippen molar-refractivity contribution in [2.45, 2.75) is 20.3 Å². The molecule has 120 valence electrons. The summed E-state index contributed by atoms with van der Waals surface area (Å²) in [5.41, 5.74) is 0.486. The summed E-state index contributed by atoms with van der Waals surface area (Å²) in [6, 6.07) is 4.83. The van der Waals surface area contributed by atoms with Crippen molar-refractivity contribution in [2.24, 2.45) is 5.92 Å². The lowest BCUT2D eigenvalue weighted by Gasteiger charge is -2.35. The summed E-state index contributed by atoms with van der Waals surface area (Å²) in [5.74, 6) is 0.411. The Morgan fingerprint density at radius 2 is 1.50 bits per heavy atom. The van der Waals surface area contributed by atoms with E-state index in [1.54, 1.807) is 23.1 Å². The van der Waals surface area contributed by atoms with Crippen molar-refractivity contribution in [1.82, 2.24) is 9.80 Å². The van der Waals surface area contributed by atoms with E-state index < -0.39 is 0 Å². The van der Waals surface area contributed by atoms with Gasteiger partial charge in [-0.2, -0.15) is 0 Å². The summed E-state index contributed by atoms with van der Waals surface area (Å²) < 4.78 is 0. The van der Waals surface area contributed by atoms with Gasteiger partial charge in [0.1, 0.15) is 0 Å². The van der Waals surface area contributed by atoms with Crippen molar-refractivity contribution in [2.75, 3.05) is 26.2 Å². The maximum Gasteiger partial charge on any atom is 0.254 e. The number of rotatable bonds is 3. The van der Waals surface area contributed by atoms with Gasteiger partial charge in [-0.05, 0) is 24.1 Å². The highest BCUT2D eigenvalue weighted by molar-refractivity contribution is 6.35. The first kappa shape index (κ1) is 17.1. The molecule has 0 radical (unpaired) electrons. The summed E-state index contributed by atoms with van der Waals surface area (Å²) >= 11 is 11.9. The largest absolute Gasteiger partial charge is 0.339 e. The Bertz CT molecular complexity index is 547. The van der Waals surface area contributed by atoms with E-state index in [1.165, 1.54) is 0 Å². The number of benzene rings is 1. The highest BCUT2D eigenvalue weighted by Gasteiger charge is 2.25. The second-order valence-corrected chi connectivity index (χ2v) is 6.80. The molecule has 6 heteroatoms. The van der Waals surface area contributed by atoms with E-state index in [-0.39, 0.29) is 11.8 Å². The lowest BCUT2D eigenvalue weighted by atomic mass is 10.1. The van der Waals surface area contributed by atoms with Crippen LogP contribution in [-0.2, 0) is 4.79 Å². The van der Waals surface area contributed by atoms with Crippen LogP contribution in [0.25, 0.3) is 0 Å². The van der Waals surface area contributed by atoms with E-state index in [9.17, 15) is 9.59 Å². The van der Waals surface area contributed by atoms with Crippen LogP contribution in [0.5, 0.6) is 0 Å². The van der Waals surface area contributed by atoms with Crippen molar-refractivity contribution in [3.8, 4) is 0 Å². The van der Waals surface area contributed by atoms with Crippen molar-refractivity contribution >= 4 is 35.0 Å². The molecule has 2 rings (SSSR count). The van der Waals surface area contributed by atoms with Crippen LogP contribution in [0.2, 0.25) is 10.0 Å². The van der Waals surface area contributed by atoms with Gasteiger partial charge in [-0.1, -0.05) is 37.0 Å². The normalized spacial score (nSPS) is 15.3. The zero-order valence-electron chi connectivity index (χ0n) is 12.8. The number of piperazine rings is 1. The fourth-order valence-corrected chi connectivity index (χ4v) is 3.02. The maximum absolute atomic E-state index is 12.5. The van der Waals surface area contributed by atoms with Gasteiger partial charge in [-0.25, -0.2) is 0 Å². The van der Waals surface area contributed by atoms with Gasteiger partial charge in [0.2, 0.25) is 5.91 Å². The molecule has 1 fully saturated rings. The molecule has 0 N–H and O–H groups in total. The Kier molecular flexibility index (Phi) is 5.70. The third kappa shape index (κ3) is 4.37. The standard InChI is InChI=1S/C16H20Cl2N2O2/c1-11(2)7-15(21)19-3-5-20(6-4-19)16(22)12-8-13(17)10-14(18)9-12/h8-11H,3-7H2,1-2H3. The first-order valence-electron chi connectivity index (χ1n) is 7.40. The van der Waals surface area contributed by atoms with E-state index in [0.29, 0.717) is 54.1 Å². The number of halogens is 2. The quantitative estimate of drug-likeness (QED) is 0.845. The van der Waals surface area contributed by atoms with Gasteiger partial charge in [0, 0.05) is 48.2 Å². The van der Waals surface area contributed by atoms with Crippen molar-refractivity contribution in [3.63, 3.8) is 0 Å². The summed E-state index contributed by atoms with van der Waals surface area (Å²) in [5, 5.41) is 0.892. The minimum Gasteiger partial charge on any atom is -0.339 e. The van der Waals surface area contributed by atoms with Crippen LogP contribution in [0.4, 0.5) is 0 Å². The number of carbonyl (C=O) groups excluding carboxylic acids is 2. The molecule has 0 aromatic heterocycles. The molecule has 4 nitrogen and oxygen atoms in total. The Balaban J connectivity index is 1.96. The van der Waals surface area contributed by atoms with E-state index in [2.05, 4.69) is 0 Å². The second-order valence-electron chi connectivity index (χ2n) is 5.93. The van der Waals surface area contributed by atoms with Crippen LogP contribution >= 0.6 is 23.2 Å². The lowest BCUT2D eigenvalue weighted by Crippen LogP contribution is -2.50. The zero-order chi connectivity index (χ0) is 16.3. The Hall–Kier alpha value is -1.26. The molecule has 0 atom stereocenters. The van der Waals surface area contributed by atoms with Crippen LogP contribution in [0, 0.1) is 5.92 Å². The molecule has 0 unspecified atom stereocenters. The minimum absolute atomic E-state index is 0.0969. The highest BCUT2D eigenvalue weighted by atomic mass is 35.5. The molecule has 1 saturated heterocycles. The second kappa shape index (κ2) is 7.34. The predicted octanol–water partition coefficient (Wildman–Crippen LogP) is 3.32. The topological polar surface area (TPSA) is 40.6 Å². The van der Waals surface area contributed by atoms with Crippen LogP contribution in [0.15, 0.2) is 18.2 Å². The molecule has 0 spiro atoms. The summed E-state index contributed by atoms with van der Waals surface area (Å²) in [4.78, 5) is 28.1. The van der Waals surface area contributed by atoms with Crippen LogP contribution in [0.1, 0.15) is 30.6 Å². The molecule has 2 amide bonds. The summed E-state index contributed by atoms with van der Waals surface area (Å²) in [7, 11) is 0. The van der Waals surface area contributed by atoms with Gasteiger partial charge in [0.15, 0.2) is 0 Å². The molecule has 0 bridgehead atoms. The Labute approximate surface area is 141 Å². The summed E-state index contributed by atoms with van der Waals surface area (Å²) in [6.45, 7) is 6.28. The number of hydrogen-bond acceptors (Lipinski definition) is 2. The molecule has 0 saturated carbocycles. The molecular weight excluding hydrogens is 323 g/mol.